The zero-order valence-corrected chi connectivity index (χ0v) is 9.00. The van der Waals surface area contributed by atoms with Crippen LogP contribution in [0.3, 0.4) is 0 Å². The first kappa shape index (κ1) is 9.48. The number of thiocarbonyl (C=S) groups is 1. The lowest BCUT2D eigenvalue weighted by Crippen LogP contribution is -2.12. The predicted molar refractivity (Wildman–Crippen MR) is 59.6 cm³/mol. The highest BCUT2D eigenvalue weighted by molar-refractivity contribution is 9.10. The van der Waals surface area contributed by atoms with Gasteiger partial charge in [0.25, 0.3) is 0 Å². The van der Waals surface area contributed by atoms with Crippen molar-refractivity contribution in [1.29, 1.82) is 0 Å². The quantitative estimate of drug-likeness (QED) is 0.784. The van der Waals surface area contributed by atoms with E-state index in [0.717, 1.165) is 15.7 Å². The van der Waals surface area contributed by atoms with Gasteiger partial charge in [0.05, 0.1) is 0 Å². The minimum Gasteiger partial charge on any atom is -0.389 e. The predicted octanol–water partition coefficient (Wildman–Crippen LogP) is 2.12. The Morgan fingerprint density at radius 2 is 2.25 bits per heavy atom. The summed E-state index contributed by atoms with van der Waals surface area (Å²) in [4.78, 5) is 0.395. The zero-order chi connectivity index (χ0) is 9.14. The molecule has 0 aliphatic carbocycles. The van der Waals surface area contributed by atoms with Crippen LogP contribution < -0.4 is 11.1 Å². The Labute approximate surface area is 85.3 Å². The number of hydrogen-bond acceptors (Lipinski definition) is 2. The van der Waals surface area contributed by atoms with Crippen molar-refractivity contribution in [2.24, 2.45) is 5.73 Å². The summed E-state index contributed by atoms with van der Waals surface area (Å²) in [6.07, 6.45) is 0. The van der Waals surface area contributed by atoms with Gasteiger partial charge in [-0.25, -0.2) is 0 Å². The van der Waals surface area contributed by atoms with Gasteiger partial charge < -0.3 is 11.1 Å². The summed E-state index contributed by atoms with van der Waals surface area (Å²) >= 11 is 8.29. The van der Waals surface area contributed by atoms with Gasteiger partial charge in [0.15, 0.2) is 0 Å². The molecule has 0 heterocycles. The van der Waals surface area contributed by atoms with Crippen molar-refractivity contribution < 1.29 is 0 Å². The van der Waals surface area contributed by atoms with E-state index < -0.39 is 0 Å². The van der Waals surface area contributed by atoms with Crippen LogP contribution >= 0.6 is 28.1 Å². The minimum atomic E-state index is 0.395. The van der Waals surface area contributed by atoms with Gasteiger partial charge in [-0.2, -0.15) is 0 Å². The SMILES string of the molecule is CNc1cccc(Br)c1C(N)=S. The van der Waals surface area contributed by atoms with Crippen molar-refractivity contribution in [1.82, 2.24) is 0 Å². The molecule has 0 aliphatic heterocycles. The molecule has 0 saturated carbocycles. The van der Waals surface area contributed by atoms with Crippen molar-refractivity contribution in [3.8, 4) is 0 Å². The molecule has 3 N–H and O–H groups in total. The average Bonchev–Trinajstić information content (AvgIpc) is 2.03. The fourth-order valence-corrected chi connectivity index (χ4v) is 1.91. The number of nitrogens with two attached hydrogens (primary N) is 1. The molecule has 64 valence electrons. The van der Waals surface area contributed by atoms with Crippen LogP contribution in [0.5, 0.6) is 0 Å². The van der Waals surface area contributed by atoms with E-state index in [4.69, 9.17) is 18.0 Å². The van der Waals surface area contributed by atoms with E-state index >= 15 is 0 Å². The largest absolute Gasteiger partial charge is 0.389 e. The summed E-state index contributed by atoms with van der Waals surface area (Å²) in [6.45, 7) is 0. The van der Waals surface area contributed by atoms with Crippen LogP contribution in [0, 0.1) is 0 Å². The smallest absolute Gasteiger partial charge is 0.107 e. The van der Waals surface area contributed by atoms with Crippen molar-refractivity contribution in [2.75, 3.05) is 12.4 Å². The molecule has 12 heavy (non-hydrogen) atoms. The molecule has 0 amide bonds. The first-order valence-electron chi connectivity index (χ1n) is 3.43. The van der Waals surface area contributed by atoms with E-state index in [0.29, 0.717) is 4.99 Å². The van der Waals surface area contributed by atoms with E-state index in [1.54, 1.807) is 0 Å². The maximum absolute atomic E-state index is 5.55. The molecule has 2 nitrogen and oxygen atoms in total. The van der Waals surface area contributed by atoms with E-state index in [-0.39, 0.29) is 0 Å². The topological polar surface area (TPSA) is 38.0 Å². The van der Waals surface area contributed by atoms with Crippen LogP contribution in [0.25, 0.3) is 0 Å². The monoisotopic (exact) mass is 244 g/mol. The molecular formula is C8H9BrN2S. The third kappa shape index (κ3) is 1.76. The fourth-order valence-electron chi connectivity index (χ4n) is 0.983. The molecule has 4 heteroatoms. The Balaban J connectivity index is 3.29. The Hall–Kier alpha value is -0.610. The van der Waals surface area contributed by atoms with Gasteiger partial charge >= 0.3 is 0 Å². The average molecular weight is 245 g/mol. The summed E-state index contributed by atoms with van der Waals surface area (Å²) in [5.41, 5.74) is 7.35. The van der Waals surface area contributed by atoms with Gasteiger partial charge in [0, 0.05) is 22.8 Å². The third-order valence-electron chi connectivity index (χ3n) is 1.53. The number of halogens is 1. The molecule has 1 rings (SSSR count). The normalized spacial score (nSPS) is 9.50. The maximum Gasteiger partial charge on any atom is 0.107 e. The summed E-state index contributed by atoms with van der Waals surface area (Å²) in [5, 5.41) is 3.02. The van der Waals surface area contributed by atoms with Crippen LogP contribution in [0.4, 0.5) is 5.69 Å². The van der Waals surface area contributed by atoms with E-state index in [9.17, 15) is 0 Å². The summed E-state index contributed by atoms with van der Waals surface area (Å²) in [6, 6.07) is 5.77. The van der Waals surface area contributed by atoms with Crippen molar-refractivity contribution in [3.05, 3.63) is 28.2 Å². The molecule has 0 unspecified atom stereocenters. The standard InChI is InChI=1S/C8H9BrN2S/c1-11-6-4-2-3-5(9)7(6)8(10)12/h2-4,11H,1H3,(H2,10,12). The second kappa shape index (κ2) is 3.87. The highest BCUT2D eigenvalue weighted by atomic mass is 79.9. The minimum absolute atomic E-state index is 0.395. The molecule has 0 radical (unpaired) electrons. The molecule has 0 saturated heterocycles. The van der Waals surface area contributed by atoms with Crippen LogP contribution in [-0.2, 0) is 0 Å². The Morgan fingerprint density at radius 3 is 2.67 bits per heavy atom. The van der Waals surface area contributed by atoms with Gasteiger partial charge in [-0.3, -0.25) is 0 Å². The van der Waals surface area contributed by atoms with Gasteiger partial charge in [-0.15, -0.1) is 0 Å². The van der Waals surface area contributed by atoms with Crippen LogP contribution in [0.15, 0.2) is 22.7 Å². The van der Waals surface area contributed by atoms with Gasteiger partial charge in [-0.1, -0.05) is 18.3 Å². The van der Waals surface area contributed by atoms with E-state index in [2.05, 4.69) is 21.2 Å². The lowest BCUT2D eigenvalue weighted by molar-refractivity contribution is 1.47. The Bertz CT molecular complexity index is 312. The number of nitrogens with one attached hydrogen (secondary N) is 1. The number of hydrogen-bond donors (Lipinski definition) is 2. The van der Waals surface area contributed by atoms with Crippen LogP contribution in [-0.4, -0.2) is 12.0 Å². The second-order valence-electron chi connectivity index (χ2n) is 2.28. The third-order valence-corrected chi connectivity index (χ3v) is 2.39. The van der Waals surface area contributed by atoms with Crippen molar-refractivity contribution in [2.45, 2.75) is 0 Å². The molecular weight excluding hydrogens is 236 g/mol. The number of benzene rings is 1. The molecule has 1 aromatic rings. The van der Waals surface area contributed by atoms with Crippen molar-refractivity contribution >= 4 is 38.8 Å². The fraction of sp³-hybridized carbons (Fsp3) is 0.125. The summed E-state index contributed by atoms with van der Waals surface area (Å²) in [7, 11) is 1.84. The first-order valence-corrected chi connectivity index (χ1v) is 4.63. The molecule has 1 aromatic carbocycles. The molecule has 0 aromatic heterocycles. The lowest BCUT2D eigenvalue weighted by Gasteiger charge is -2.08. The van der Waals surface area contributed by atoms with Crippen molar-refractivity contribution in [3.63, 3.8) is 0 Å². The summed E-state index contributed by atoms with van der Waals surface area (Å²) < 4.78 is 0.918. The first-order chi connectivity index (χ1) is 5.66. The molecule has 0 bridgehead atoms. The van der Waals surface area contributed by atoms with E-state index in [1.165, 1.54) is 0 Å². The number of anilines is 1. The lowest BCUT2D eigenvalue weighted by atomic mass is 10.2. The Kier molecular flexibility index (Phi) is 3.05. The molecule has 0 aliphatic rings. The highest BCUT2D eigenvalue weighted by Gasteiger charge is 2.06. The zero-order valence-electron chi connectivity index (χ0n) is 6.60. The van der Waals surface area contributed by atoms with Crippen LogP contribution in [0.1, 0.15) is 5.56 Å². The second-order valence-corrected chi connectivity index (χ2v) is 3.57. The molecule has 0 atom stereocenters. The number of rotatable bonds is 2. The summed E-state index contributed by atoms with van der Waals surface area (Å²) in [5.74, 6) is 0. The molecule has 0 fully saturated rings. The molecule has 0 spiro atoms. The highest BCUT2D eigenvalue weighted by Crippen LogP contribution is 2.23. The van der Waals surface area contributed by atoms with Gasteiger partial charge in [0.2, 0.25) is 0 Å². The maximum atomic E-state index is 5.55. The Morgan fingerprint density at radius 1 is 1.58 bits per heavy atom. The van der Waals surface area contributed by atoms with Crippen LogP contribution in [0.2, 0.25) is 0 Å². The van der Waals surface area contributed by atoms with Gasteiger partial charge in [-0.05, 0) is 28.1 Å². The van der Waals surface area contributed by atoms with E-state index in [1.807, 2.05) is 25.2 Å². The van der Waals surface area contributed by atoms with Gasteiger partial charge in [0.1, 0.15) is 4.99 Å².